The van der Waals surface area contributed by atoms with Gasteiger partial charge in [-0.1, -0.05) is 29.8 Å². The minimum atomic E-state index is -0.235. The van der Waals surface area contributed by atoms with Crippen LogP contribution in [0.2, 0.25) is 0 Å². The van der Waals surface area contributed by atoms with E-state index in [9.17, 15) is 14.4 Å². The largest absolute Gasteiger partial charge is 0.353 e. The molecule has 0 aliphatic carbocycles. The Kier molecular flexibility index (Phi) is 6.72. The number of fused-ring (bicyclic) bond motifs is 1. The lowest BCUT2D eigenvalue weighted by molar-refractivity contribution is -0.136. The molecular formula is C21H27BrN4O3. The normalized spacial score (nSPS) is 16.2. The van der Waals surface area contributed by atoms with Crippen LogP contribution < -0.4 is 10.9 Å². The zero-order chi connectivity index (χ0) is 21.1. The van der Waals surface area contributed by atoms with E-state index in [1.807, 2.05) is 13.0 Å². The van der Waals surface area contributed by atoms with Crippen molar-refractivity contribution >= 4 is 38.6 Å². The molecule has 1 saturated heterocycles. The fraction of sp³-hybridized carbons (Fsp3) is 0.524. The number of nitrogens with zero attached hydrogens (tertiary/aromatic N) is 3. The van der Waals surface area contributed by atoms with E-state index < -0.39 is 0 Å². The van der Waals surface area contributed by atoms with Gasteiger partial charge in [0, 0.05) is 29.5 Å². The first kappa shape index (κ1) is 21.5. The SMILES string of the molecule is CC(C)C(C)NC(=O)C1CCN(C(=O)Cn2cnc3ccc(Br)cc3c2=O)CC1. The van der Waals surface area contributed by atoms with E-state index in [-0.39, 0.29) is 35.9 Å². The molecule has 0 bridgehead atoms. The number of nitrogens with one attached hydrogen (secondary N) is 1. The van der Waals surface area contributed by atoms with E-state index in [0.29, 0.717) is 42.8 Å². The fourth-order valence-corrected chi connectivity index (χ4v) is 3.75. The minimum absolute atomic E-state index is 0.0461. The van der Waals surface area contributed by atoms with Crippen LogP contribution in [-0.4, -0.2) is 45.4 Å². The maximum atomic E-state index is 12.7. The molecule has 0 radical (unpaired) electrons. The number of aromatic nitrogens is 2. The Labute approximate surface area is 178 Å². The number of carbonyl (C=O) groups is 2. The average Bonchev–Trinajstić information content (AvgIpc) is 2.70. The second kappa shape index (κ2) is 9.07. The van der Waals surface area contributed by atoms with Gasteiger partial charge in [0.2, 0.25) is 11.8 Å². The molecule has 156 valence electrons. The second-order valence-electron chi connectivity index (χ2n) is 8.04. The number of carbonyl (C=O) groups excluding carboxylic acids is 2. The van der Waals surface area contributed by atoms with Crippen molar-refractivity contribution in [1.29, 1.82) is 0 Å². The van der Waals surface area contributed by atoms with Gasteiger partial charge in [-0.15, -0.1) is 0 Å². The topological polar surface area (TPSA) is 84.3 Å². The summed E-state index contributed by atoms with van der Waals surface area (Å²) in [6, 6.07) is 5.44. The highest BCUT2D eigenvalue weighted by Crippen LogP contribution is 2.19. The van der Waals surface area contributed by atoms with Gasteiger partial charge in [-0.05, 0) is 43.9 Å². The third-order valence-electron chi connectivity index (χ3n) is 5.68. The first-order valence-corrected chi connectivity index (χ1v) is 10.8. The van der Waals surface area contributed by atoms with E-state index in [4.69, 9.17) is 0 Å². The highest BCUT2D eigenvalue weighted by Gasteiger charge is 2.28. The van der Waals surface area contributed by atoms with Gasteiger partial charge in [-0.2, -0.15) is 0 Å². The molecule has 1 N–H and O–H groups in total. The Balaban J connectivity index is 1.60. The summed E-state index contributed by atoms with van der Waals surface area (Å²) in [5.74, 6) is 0.259. The average molecular weight is 463 g/mol. The van der Waals surface area contributed by atoms with Gasteiger partial charge in [-0.3, -0.25) is 19.0 Å². The Morgan fingerprint density at radius 2 is 1.93 bits per heavy atom. The molecule has 1 aliphatic heterocycles. The number of hydrogen-bond donors (Lipinski definition) is 1. The molecule has 1 aromatic carbocycles. The van der Waals surface area contributed by atoms with Crippen LogP contribution in [0.5, 0.6) is 0 Å². The van der Waals surface area contributed by atoms with Gasteiger partial charge in [0.05, 0.1) is 17.2 Å². The molecule has 1 fully saturated rings. The molecular weight excluding hydrogens is 436 g/mol. The first-order valence-electron chi connectivity index (χ1n) is 9.99. The number of piperidine rings is 1. The zero-order valence-electron chi connectivity index (χ0n) is 17.0. The molecule has 1 atom stereocenters. The van der Waals surface area contributed by atoms with E-state index in [1.165, 1.54) is 10.9 Å². The third-order valence-corrected chi connectivity index (χ3v) is 6.17. The third kappa shape index (κ3) is 5.04. The lowest BCUT2D eigenvalue weighted by Gasteiger charge is -2.32. The van der Waals surface area contributed by atoms with Gasteiger partial charge in [0.15, 0.2) is 0 Å². The molecule has 1 aliphatic rings. The van der Waals surface area contributed by atoms with Crippen molar-refractivity contribution in [2.75, 3.05) is 13.1 Å². The fourth-order valence-electron chi connectivity index (χ4n) is 3.39. The van der Waals surface area contributed by atoms with Crippen LogP contribution in [-0.2, 0) is 16.1 Å². The van der Waals surface area contributed by atoms with E-state index in [1.54, 1.807) is 17.0 Å². The summed E-state index contributed by atoms with van der Waals surface area (Å²) in [6.07, 6.45) is 2.70. The minimum Gasteiger partial charge on any atom is -0.353 e. The van der Waals surface area contributed by atoms with Crippen molar-refractivity contribution in [3.63, 3.8) is 0 Å². The van der Waals surface area contributed by atoms with E-state index in [2.05, 4.69) is 40.1 Å². The van der Waals surface area contributed by atoms with Gasteiger partial charge in [-0.25, -0.2) is 4.98 Å². The predicted octanol–water partition coefficient (Wildman–Crippen LogP) is 2.56. The van der Waals surface area contributed by atoms with Crippen LogP contribution in [0.1, 0.15) is 33.6 Å². The molecule has 2 amide bonds. The number of benzene rings is 1. The molecule has 29 heavy (non-hydrogen) atoms. The van der Waals surface area contributed by atoms with Crippen molar-refractivity contribution in [2.24, 2.45) is 11.8 Å². The maximum absolute atomic E-state index is 12.7. The Morgan fingerprint density at radius 1 is 1.24 bits per heavy atom. The van der Waals surface area contributed by atoms with E-state index >= 15 is 0 Å². The standard InChI is InChI=1S/C21H27BrN4O3/c1-13(2)14(3)24-20(28)15-6-8-25(9-7-15)19(27)11-26-12-23-18-5-4-16(22)10-17(18)21(26)29/h4-5,10,12-15H,6-9,11H2,1-3H3,(H,24,28). The summed E-state index contributed by atoms with van der Waals surface area (Å²) in [7, 11) is 0. The van der Waals surface area contributed by atoms with E-state index in [0.717, 1.165) is 4.47 Å². The van der Waals surface area contributed by atoms with Gasteiger partial charge in [0.1, 0.15) is 6.54 Å². The molecule has 0 spiro atoms. The highest BCUT2D eigenvalue weighted by molar-refractivity contribution is 9.10. The molecule has 3 rings (SSSR count). The number of hydrogen-bond acceptors (Lipinski definition) is 4. The quantitative estimate of drug-likeness (QED) is 0.739. The molecule has 2 aromatic rings. The van der Waals surface area contributed by atoms with Crippen molar-refractivity contribution < 1.29 is 9.59 Å². The first-order chi connectivity index (χ1) is 13.8. The van der Waals surface area contributed by atoms with Crippen molar-refractivity contribution in [1.82, 2.24) is 19.8 Å². The van der Waals surface area contributed by atoms with Gasteiger partial charge >= 0.3 is 0 Å². The summed E-state index contributed by atoms with van der Waals surface area (Å²) in [5.41, 5.74) is 0.367. The predicted molar refractivity (Wildman–Crippen MR) is 115 cm³/mol. The zero-order valence-corrected chi connectivity index (χ0v) is 18.6. The molecule has 1 aromatic heterocycles. The molecule has 0 saturated carbocycles. The van der Waals surface area contributed by atoms with Crippen LogP contribution in [0.3, 0.4) is 0 Å². The molecule has 2 heterocycles. The van der Waals surface area contributed by atoms with Crippen LogP contribution >= 0.6 is 15.9 Å². The Bertz CT molecular complexity index is 964. The summed E-state index contributed by atoms with van der Waals surface area (Å²) in [4.78, 5) is 43.8. The second-order valence-corrected chi connectivity index (χ2v) is 8.95. The summed E-state index contributed by atoms with van der Waals surface area (Å²) in [5, 5.41) is 3.54. The van der Waals surface area contributed by atoms with Gasteiger partial charge < -0.3 is 10.2 Å². The van der Waals surface area contributed by atoms with Crippen molar-refractivity contribution in [3.05, 3.63) is 39.4 Å². The van der Waals surface area contributed by atoms with Crippen LogP contribution in [0.15, 0.2) is 33.8 Å². The summed E-state index contributed by atoms with van der Waals surface area (Å²) in [6.45, 7) is 7.16. The van der Waals surface area contributed by atoms with Crippen molar-refractivity contribution in [3.8, 4) is 0 Å². The molecule has 7 nitrogen and oxygen atoms in total. The number of halogens is 1. The summed E-state index contributed by atoms with van der Waals surface area (Å²) < 4.78 is 2.14. The molecule has 1 unspecified atom stereocenters. The van der Waals surface area contributed by atoms with Crippen LogP contribution in [0.4, 0.5) is 0 Å². The van der Waals surface area contributed by atoms with Crippen molar-refractivity contribution in [2.45, 2.75) is 46.2 Å². The number of amides is 2. The number of likely N-dealkylation sites (tertiary alicyclic amines) is 1. The van der Waals surface area contributed by atoms with Crippen LogP contribution in [0.25, 0.3) is 10.9 Å². The monoisotopic (exact) mass is 462 g/mol. The summed E-state index contributed by atoms with van der Waals surface area (Å²) >= 11 is 3.36. The smallest absolute Gasteiger partial charge is 0.261 e. The molecule has 8 heteroatoms. The lowest BCUT2D eigenvalue weighted by Crippen LogP contribution is -2.46. The van der Waals surface area contributed by atoms with Gasteiger partial charge in [0.25, 0.3) is 5.56 Å². The Morgan fingerprint density at radius 3 is 2.59 bits per heavy atom. The highest BCUT2D eigenvalue weighted by atomic mass is 79.9. The Hall–Kier alpha value is -2.22. The van der Waals surface area contributed by atoms with Crippen LogP contribution in [0, 0.1) is 11.8 Å². The lowest BCUT2D eigenvalue weighted by atomic mass is 9.94. The maximum Gasteiger partial charge on any atom is 0.261 e. The number of rotatable bonds is 5.